The highest BCUT2D eigenvalue weighted by atomic mass is 16.4. The topological polar surface area (TPSA) is 57.6 Å². The van der Waals surface area contributed by atoms with Gasteiger partial charge in [0.2, 0.25) is 5.91 Å². The first-order valence-electron chi connectivity index (χ1n) is 7.10. The Morgan fingerprint density at radius 1 is 1.25 bits per heavy atom. The van der Waals surface area contributed by atoms with Crippen molar-refractivity contribution in [1.29, 1.82) is 0 Å². The number of anilines is 1. The van der Waals surface area contributed by atoms with E-state index >= 15 is 0 Å². The minimum Gasteiger partial charge on any atom is -0.478 e. The van der Waals surface area contributed by atoms with E-state index in [0.717, 1.165) is 24.1 Å². The third kappa shape index (κ3) is 2.55. The summed E-state index contributed by atoms with van der Waals surface area (Å²) in [5.74, 6) is -0.624. The fourth-order valence-corrected chi connectivity index (χ4v) is 2.58. The maximum atomic E-state index is 12.6. The summed E-state index contributed by atoms with van der Waals surface area (Å²) < 4.78 is 0. The third-order valence-corrected chi connectivity index (χ3v) is 4.14. The van der Waals surface area contributed by atoms with E-state index in [4.69, 9.17) is 0 Å². The zero-order chi connectivity index (χ0) is 14.9. The van der Waals surface area contributed by atoms with Crippen LogP contribution in [0.2, 0.25) is 0 Å². The first-order valence-corrected chi connectivity index (χ1v) is 7.10. The van der Waals surface area contributed by atoms with Gasteiger partial charge in [-0.1, -0.05) is 26.8 Å². The highest BCUT2D eigenvalue weighted by Gasteiger charge is 2.29. The number of carbonyl (C=O) groups excluding carboxylic acids is 1. The molecular formula is C16H21NO3. The maximum absolute atomic E-state index is 12.6. The standard InChI is InChI=1S/C16H21NO3/c1-10(2)11(3)15(18)17-9-5-7-12-13(16(19)20)6-4-8-14(12)17/h4,6,8,10-11H,5,7,9H2,1-3H3,(H,19,20). The summed E-state index contributed by atoms with van der Waals surface area (Å²) >= 11 is 0. The molecule has 0 spiro atoms. The molecule has 1 atom stereocenters. The van der Waals surface area contributed by atoms with Crippen molar-refractivity contribution in [2.45, 2.75) is 33.6 Å². The van der Waals surface area contributed by atoms with E-state index in [-0.39, 0.29) is 17.7 Å². The quantitative estimate of drug-likeness (QED) is 0.922. The molecule has 108 valence electrons. The van der Waals surface area contributed by atoms with E-state index < -0.39 is 5.97 Å². The second-order valence-corrected chi connectivity index (χ2v) is 5.73. The van der Waals surface area contributed by atoms with E-state index in [1.165, 1.54) is 0 Å². The number of fused-ring (bicyclic) bond motifs is 1. The van der Waals surface area contributed by atoms with Crippen LogP contribution >= 0.6 is 0 Å². The summed E-state index contributed by atoms with van der Waals surface area (Å²) in [6.07, 6.45) is 1.53. The zero-order valence-corrected chi connectivity index (χ0v) is 12.2. The number of rotatable bonds is 3. The van der Waals surface area contributed by atoms with Gasteiger partial charge in [0, 0.05) is 18.2 Å². The molecule has 1 aliphatic rings. The lowest BCUT2D eigenvalue weighted by atomic mass is 9.92. The molecule has 20 heavy (non-hydrogen) atoms. The summed E-state index contributed by atoms with van der Waals surface area (Å²) in [5.41, 5.74) is 1.88. The minimum absolute atomic E-state index is 0.0607. The molecule has 1 aromatic carbocycles. The lowest BCUT2D eigenvalue weighted by Gasteiger charge is -2.33. The van der Waals surface area contributed by atoms with E-state index in [1.807, 2.05) is 26.8 Å². The number of benzene rings is 1. The van der Waals surface area contributed by atoms with Gasteiger partial charge in [0.1, 0.15) is 0 Å². The van der Waals surface area contributed by atoms with Gasteiger partial charge in [-0.3, -0.25) is 4.79 Å². The Morgan fingerprint density at radius 3 is 2.55 bits per heavy atom. The fourth-order valence-electron chi connectivity index (χ4n) is 2.58. The van der Waals surface area contributed by atoms with Crippen molar-refractivity contribution >= 4 is 17.6 Å². The van der Waals surface area contributed by atoms with Gasteiger partial charge in [0.05, 0.1) is 5.56 Å². The molecule has 1 aromatic rings. The Morgan fingerprint density at radius 2 is 1.95 bits per heavy atom. The van der Waals surface area contributed by atoms with Gasteiger partial charge in [0.25, 0.3) is 0 Å². The number of aromatic carboxylic acids is 1. The molecule has 1 N–H and O–H groups in total. The van der Waals surface area contributed by atoms with Gasteiger partial charge in [-0.2, -0.15) is 0 Å². The van der Waals surface area contributed by atoms with Crippen LogP contribution in [0.4, 0.5) is 5.69 Å². The van der Waals surface area contributed by atoms with Crippen LogP contribution in [-0.4, -0.2) is 23.5 Å². The Kier molecular flexibility index (Phi) is 4.12. The Bertz CT molecular complexity index is 537. The highest BCUT2D eigenvalue weighted by molar-refractivity contribution is 5.99. The maximum Gasteiger partial charge on any atom is 0.336 e. The molecular weight excluding hydrogens is 254 g/mol. The van der Waals surface area contributed by atoms with Gasteiger partial charge in [-0.15, -0.1) is 0 Å². The SMILES string of the molecule is CC(C)C(C)C(=O)N1CCCc2c(C(=O)O)cccc21. The molecule has 0 aliphatic carbocycles. The molecule has 0 fully saturated rings. The Hall–Kier alpha value is -1.84. The number of amides is 1. The number of hydrogen-bond donors (Lipinski definition) is 1. The highest BCUT2D eigenvalue weighted by Crippen LogP contribution is 2.31. The molecule has 0 saturated heterocycles. The molecule has 2 rings (SSSR count). The number of hydrogen-bond acceptors (Lipinski definition) is 2. The average molecular weight is 275 g/mol. The summed E-state index contributed by atoms with van der Waals surface area (Å²) in [6, 6.07) is 5.18. The van der Waals surface area contributed by atoms with Crippen LogP contribution in [0.15, 0.2) is 18.2 Å². The van der Waals surface area contributed by atoms with E-state index in [9.17, 15) is 14.7 Å². The molecule has 0 radical (unpaired) electrons. The van der Waals surface area contributed by atoms with Crippen LogP contribution < -0.4 is 4.90 Å². The summed E-state index contributed by atoms with van der Waals surface area (Å²) in [7, 11) is 0. The smallest absolute Gasteiger partial charge is 0.336 e. The van der Waals surface area contributed by atoms with Gasteiger partial charge in [-0.05, 0) is 36.5 Å². The van der Waals surface area contributed by atoms with Crippen LogP contribution in [0.3, 0.4) is 0 Å². The average Bonchev–Trinajstić information content (AvgIpc) is 2.44. The van der Waals surface area contributed by atoms with Crippen LogP contribution in [0.25, 0.3) is 0 Å². The minimum atomic E-state index is -0.923. The monoisotopic (exact) mass is 275 g/mol. The van der Waals surface area contributed by atoms with E-state index in [0.29, 0.717) is 12.1 Å². The molecule has 0 saturated carbocycles. The lowest BCUT2D eigenvalue weighted by molar-refractivity contribution is -0.123. The van der Waals surface area contributed by atoms with Gasteiger partial charge in [0.15, 0.2) is 0 Å². The van der Waals surface area contributed by atoms with Crippen molar-refractivity contribution in [3.8, 4) is 0 Å². The third-order valence-electron chi connectivity index (χ3n) is 4.14. The van der Waals surface area contributed by atoms with Crippen molar-refractivity contribution in [2.24, 2.45) is 11.8 Å². The number of carbonyl (C=O) groups is 2. The predicted molar refractivity (Wildman–Crippen MR) is 78.1 cm³/mol. The van der Waals surface area contributed by atoms with Crippen molar-refractivity contribution in [2.75, 3.05) is 11.4 Å². The van der Waals surface area contributed by atoms with Crippen LogP contribution in [0.5, 0.6) is 0 Å². The summed E-state index contributed by atoms with van der Waals surface area (Å²) in [4.78, 5) is 25.6. The molecule has 1 unspecified atom stereocenters. The predicted octanol–water partition coefficient (Wildman–Crippen LogP) is 2.96. The van der Waals surface area contributed by atoms with Gasteiger partial charge in [-0.25, -0.2) is 4.79 Å². The van der Waals surface area contributed by atoms with Gasteiger partial charge >= 0.3 is 5.97 Å². The fraction of sp³-hybridized carbons (Fsp3) is 0.500. The number of nitrogens with zero attached hydrogens (tertiary/aromatic N) is 1. The van der Waals surface area contributed by atoms with Crippen LogP contribution in [-0.2, 0) is 11.2 Å². The van der Waals surface area contributed by atoms with E-state index in [2.05, 4.69) is 0 Å². The molecule has 1 amide bonds. The first-order chi connectivity index (χ1) is 9.43. The van der Waals surface area contributed by atoms with Crippen molar-refractivity contribution in [3.05, 3.63) is 29.3 Å². The molecule has 4 heteroatoms. The van der Waals surface area contributed by atoms with Crippen molar-refractivity contribution in [1.82, 2.24) is 0 Å². The largest absolute Gasteiger partial charge is 0.478 e. The molecule has 0 aromatic heterocycles. The summed E-state index contributed by atoms with van der Waals surface area (Å²) in [6.45, 7) is 6.66. The van der Waals surface area contributed by atoms with Crippen molar-refractivity contribution in [3.63, 3.8) is 0 Å². The molecule has 1 heterocycles. The Labute approximate surface area is 119 Å². The van der Waals surface area contributed by atoms with Crippen LogP contribution in [0.1, 0.15) is 43.1 Å². The first kappa shape index (κ1) is 14.6. The number of carboxylic acids is 1. The van der Waals surface area contributed by atoms with E-state index in [1.54, 1.807) is 17.0 Å². The van der Waals surface area contributed by atoms with Crippen LogP contribution in [0, 0.1) is 11.8 Å². The zero-order valence-electron chi connectivity index (χ0n) is 12.2. The second-order valence-electron chi connectivity index (χ2n) is 5.73. The molecule has 4 nitrogen and oxygen atoms in total. The Balaban J connectivity index is 2.41. The molecule has 1 aliphatic heterocycles. The second kappa shape index (κ2) is 5.65. The lowest BCUT2D eigenvalue weighted by Crippen LogP contribution is -2.40. The number of carboxylic acid groups (broad SMARTS) is 1. The molecule has 0 bridgehead atoms. The normalized spacial score (nSPS) is 15.9. The summed E-state index contributed by atoms with van der Waals surface area (Å²) in [5, 5.41) is 9.26. The van der Waals surface area contributed by atoms with Gasteiger partial charge < -0.3 is 10.0 Å². The van der Waals surface area contributed by atoms with Crippen molar-refractivity contribution < 1.29 is 14.7 Å².